The Bertz CT molecular complexity index is 456. The molecule has 4 N–H and O–H groups in total. The van der Waals surface area contributed by atoms with E-state index in [9.17, 15) is 14.4 Å². The van der Waals surface area contributed by atoms with Gasteiger partial charge in [0.1, 0.15) is 6.54 Å². The Morgan fingerprint density at radius 3 is 2.00 bits per heavy atom. The molecule has 0 spiro atoms. The van der Waals surface area contributed by atoms with E-state index < -0.39 is 18.5 Å². The average molecular weight is 251 g/mol. The minimum atomic E-state index is -1.12. The molecule has 96 valence electrons. The summed E-state index contributed by atoms with van der Waals surface area (Å²) in [6, 6.07) is 5.81. The van der Waals surface area contributed by atoms with Gasteiger partial charge in [-0.05, 0) is 24.3 Å². The highest BCUT2D eigenvalue weighted by atomic mass is 16.4. The molecule has 0 aliphatic heterocycles. The van der Waals surface area contributed by atoms with Gasteiger partial charge in [-0.25, -0.2) is 4.79 Å². The van der Waals surface area contributed by atoms with Gasteiger partial charge in [-0.3, -0.25) is 9.59 Å². The van der Waals surface area contributed by atoms with Crippen LogP contribution in [0.3, 0.4) is 0 Å². The molecule has 18 heavy (non-hydrogen) atoms. The quantitative estimate of drug-likeness (QED) is 0.636. The first-order chi connectivity index (χ1) is 8.47. The zero-order valence-corrected chi connectivity index (χ0v) is 9.69. The Morgan fingerprint density at radius 2 is 1.56 bits per heavy atom. The fourth-order valence-electron chi connectivity index (χ4n) is 1.17. The summed E-state index contributed by atoms with van der Waals surface area (Å²) in [4.78, 5) is 32.2. The van der Waals surface area contributed by atoms with E-state index >= 15 is 0 Å². The smallest absolute Gasteiger partial charge is 0.323 e. The fraction of sp³-hybridized carbons (Fsp3) is 0.182. The van der Waals surface area contributed by atoms with E-state index in [-0.39, 0.29) is 5.91 Å². The molecule has 0 bridgehead atoms. The van der Waals surface area contributed by atoms with Crippen LogP contribution in [0, 0.1) is 0 Å². The van der Waals surface area contributed by atoms with Crippen molar-refractivity contribution in [2.24, 2.45) is 0 Å². The maximum Gasteiger partial charge on any atom is 0.323 e. The Balaban J connectivity index is 2.50. The molecular formula is C11H13N3O4. The number of anilines is 2. The van der Waals surface area contributed by atoms with E-state index in [0.29, 0.717) is 11.4 Å². The lowest BCUT2D eigenvalue weighted by atomic mass is 10.3. The van der Waals surface area contributed by atoms with Gasteiger partial charge in [0.15, 0.2) is 0 Å². The molecule has 1 aromatic carbocycles. The van der Waals surface area contributed by atoms with Crippen molar-refractivity contribution in [3.05, 3.63) is 24.3 Å². The van der Waals surface area contributed by atoms with Gasteiger partial charge in [0.25, 0.3) is 0 Å². The predicted molar refractivity (Wildman–Crippen MR) is 65.4 cm³/mol. The van der Waals surface area contributed by atoms with Crippen molar-refractivity contribution in [2.75, 3.05) is 17.2 Å². The molecule has 0 aromatic heterocycles. The summed E-state index contributed by atoms with van der Waals surface area (Å²) in [6.07, 6.45) is 0. The van der Waals surface area contributed by atoms with Crippen LogP contribution < -0.4 is 16.0 Å². The van der Waals surface area contributed by atoms with Crippen LogP contribution in [0.15, 0.2) is 24.3 Å². The van der Waals surface area contributed by atoms with Crippen molar-refractivity contribution in [2.45, 2.75) is 6.92 Å². The third-order valence-electron chi connectivity index (χ3n) is 1.86. The highest BCUT2D eigenvalue weighted by Crippen LogP contribution is 2.13. The van der Waals surface area contributed by atoms with Crippen molar-refractivity contribution in [3.8, 4) is 0 Å². The number of carboxylic acids is 1. The Labute approximate surface area is 103 Å². The lowest BCUT2D eigenvalue weighted by Crippen LogP contribution is -2.33. The number of hydrogen-bond acceptors (Lipinski definition) is 3. The normalized spacial score (nSPS) is 9.39. The molecule has 3 amide bonds. The van der Waals surface area contributed by atoms with E-state index in [0.717, 1.165) is 0 Å². The number of nitrogens with one attached hydrogen (secondary N) is 3. The Kier molecular flexibility index (Phi) is 4.67. The lowest BCUT2D eigenvalue weighted by molar-refractivity contribution is -0.135. The van der Waals surface area contributed by atoms with Crippen LogP contribution in [-0.4, -0.2) is 29.6 Å². The number of benzene rings is 1. The zero-order valence-electron chi connectivity index (χ0n) is 9.69. The molecule has 0 fully saturated rings. The van der Waals surface area contributed by atoms with E-state index in [1.807, 2.05) is 0 Å². The highest BCUT2D eigenvalue weighted by molar-refractivity contribution is 5.92. The van der Waals surface area contributed by atoms with Crippen LogP contribution >= 0.6 is 0 Å². The monoisotopic (exact) mass is 251 g/mol. The van der Waals surface area contributed by atoms with Crippen LogP contribution in [-0.2, 0) is 9.59 Å². The maximum atomic E-state index is 11.2. The standard InChI is InChI=1S/C11H13N3O4/c1-7(15)13-8-2-4-9(5-3-8)14-11(18)12-6-10(16)17/h2-5H,6H2,1H3,(H,13,15)(H,16,17)(H2,12,14,18). The van der Waals surface area contributed by atoms with Gasteiger partial charge in [0.05, 0.1) is 0 Å². The molecule has 0 saturated carbocycles. The minimum Gasteiger partial charge on any atom is -0.480 e. The molecule has 7 heteroatoms. The second kappa shape index (κ2) is 6.24. The van der Waals surface area contributed by atoms with Crippen LogP contribution in [0.1, 0.15) is 6.92 Å². The van der Waals surface area contributed by atoms with Crippen LogP contribution in [0.5, 0.6) is 0 Å². The summed E-state index contributed by atoms with van der Waals surface area (Å²) in [5.41, 5.74) is 1.10. The van der Waals surface area contributed by atoms with Gasteiger partial charge in [-0.2, -0.15) is 0 Å². The number of rotatable bonds is 4. The topological polar surface area (TPSA) is 108 Å². The van der Waals surface area contributed by atoms with Crippen molar-refractivity contribution in [3.63, 3.8) is 0 Å². The largest absolute Gasteiger partial charge is 0.480 e. The molecule has 0 unspecified atom stereocenters. The predicted octanol–water partition coefficient (Wildman–Crippen LogP) is 0.851. The molecule has 7 nitrogen and oxygen atoms in total. The Hall–Kier alpha value is -2.57. The third kappa shape index (κ3) is 4.97. The molecule has 0 heterocycles. The van der Waals surface area contributed by atoms with Crippen molar-refractivity contribution >= 4 is 29.3 Å². The summed E-state index contributed by atoms with van der Waals surface area (Å²) in [5, 5.41) is 15.6. The Morgan fingerprint density at radius 1 is 1.06 bits per heavy atom. The molecule has 0 aliphatic carbocycles. The first-order valence-electron chi connectivity index (χ1n) is 5.11. The zero-order chi connectivity index (χ0) is 13.5. The fourth-order valence-corrected chi connectivity index (χ4v) is 1.17. The summed E-state index contributed by atoms with van der Waals surface area (Å²) >= 11 is 0. The van der Waals surface area contributed by atoms with Gasteiger partial charge in [-0.15, -0.1) is 0 Å². The van der Waals surface area contributed by atoms with Gasteiger partial charge in [0.2, 0.25) is 5.91 Å². The first kappa shape index (κ1) is 13.5. The van der Waals surface area contributed by atoms with Crippen LogP contribution in [0.4, 0.5) is 16.2 Å². The van der Waals surface area contributed by atoms with Crippen LogP contribution in [0.2, 0.25) is 0 Å². The summed E-state index contributed by atoms with van der Waals surface area (Å²) in [6.45, 7) is 0.946. The number of amides is 3. The second-order valence-corrected chi connectivity index (χ2v) is 3.46. The summed E-state index contributed by atoms with van der Waals surface area (Å²) in [7, 11) is 0. The summed E-state index contributed by atoms with van der Waals surface area (Å²) < 4.78 is 0. The summed E-state index contributed by atoms with van der Waals surface area (Å²) in [5.74, 6) is -1.30. The number of hydrogen-bond donors (Lipinski definition) is 4. The molecule has 1 rings (SSSR count). The van der Waals surface area contributed by atoms with E-state index in [1.54, 1.807) is 24.3 Å². The number of urea groups is 1. The number of carbonyl (C=O) groups excluding carboxylic acids is 2. The molecule has 0 atom stereocenters. The lowest BCUT2D eigenvalue weighted by Gasteiger charge is -2.07. The highest BCUT2D eigenvalue weighted by Gasteiger charge is 2.03. The maximum absolute atomic E-state index is 11.2. The molecule has 0 aliphatic rings. The molecule has 0 saturated heterocycles. The molecular weight excluding hydrogens is 238 g/mol. The molecule has 1 aromatic rings. The van der Waals surface area contributed by atoms with Crippen molar-refractivity contribution in [1.82, 2.24) is 5.32 Å². The van der Waals surface area contributed by atoms with E-state index in [4.69, 9.17) is 5.11 Å². The second-order valence-electron chi connectivity index (χ2n) is 3.46. The SMILES string of the molecule is CC(=O)Nc1ccc(NC(=O)NCC(=O)O)cc1. The van der Waals surface area contributed by atoms with Gasteiger partial charge >= 0.3 is 12.0 Å². The van der Waals surface area contributed by atoms with Gasteiger partial charge in [-0.1, -0.05) is 0 Å². The van der Waals surface area contributed by atoms with Gasteiger partial charge < -0.3 is 21.1 Å². The van der Waals surface area contributed by atoms with Crippen LogP contribution in [0.25, 0.3) is 0 Å². The van der Waals surface area contributed by atoms with Crippen molar-refractivity contribution in [1.29, 1.82) is 0 Å². The van der Waals surface area contributed by atoms with Crippen molar-refractivity contribution < 1.29 is 19.5 Å². The number of carbonyl (C=O) groups is 3. The van der Waals surface area contributed by atoms with E-state index in [2.05, 4.69) is 16.0 Å². The minimum absolute atomic E-state index is 0.185. The van der Waals surface area contributed by atoms with Gasteiger partial charge in [0, 0.05) is 18.3 Å². The van der Waals surface area contributed by atoms with E-state index in [1.165, 1.54) is 6.92 Å². The number of carboxylic acid groups (broad SMARTS) is 1. The third-order valence-corrected chi connectivity index (χ3v) is 1.86. The first-order valence-corrected chi connectivity index (χ1v) is 5.11. The average Bonchev–Trinajstić information content (AvgIpc) is 2.28. The molecule has 0 radical (unpaired) electrons. The number of aliphatic carboxylic acids is 1.